The lowest BCUT2D eigenvalue weighted by Crippen LogP contribution is -2.03. The predicted octanol–water partition coefficient (Wildman–Crippen LogP) is 2.47. The van der Waals surface area contributed by atoms with E-state index in [0.29, 0.717) is 22.5 Å². The van der Waals surface area contributed by atoms with Gasteiger partial charge in [-0.25, -0.2) is 14.4 Å². The van der Waals surface area contributed by atoms with Gasteiger partial charge in [-0.05, 0) is 12.1 Å². The molecule has 0 aliphatic heterocycles. The molecule has 1 aromatic carbocycles. The van der Waals surface area contributed by atoms with Gasteiger partial charge in [0.05, 0.1) is 0 Å². The molecule has 15 heavy (non-hydrogen) atoms. The number of hydrogen-bond donors (Lipinski definition) is 1. The van der Waals surface area contributed by atoms with Crippen LogP contribution >= 0.6 is 0 Å². The molecule has 0 saturated carbocycles. The zero-order valence-corrected chi connectivity index (χ0v) is 8.66. The Morgan fingerprint density at radius 3 is 2.67 bits per heavy atom. The van der Waals surface area contributed by atoms with Gasteiger partial charge in [-0.2, -0.15) is 0 Å². The van der Waals surface area contributed by atoms with Crippen LogP contribution < -0.4 is 5.73 Å². The fourth-order valence-electron chi connectivity index (χ4n) is 1.42. The largest absolute Gasteiger partial charge is 0.383 e. The molecule has 0 radical (unpaired) electrons. The second-order valence-electron chi connectivity index (χ2n) is 3.76. The summed E-state index contributed by atoms with van der Waals surface area (Å²) < 4.78 is 13.5. The zero-order chi connectivity index (χ0) is 11.0. The highest BCUT2D eigenvalue weighted by molar-refractivity contribution is 5.88. The Kier molecular flexibility index (Phi) is 2.26. The quantitative estimate of drug-likeness (QED) is 0.778. The molecule has 0 fully saturated rings. The molecule has 78 valence electrons. The predicted molar refractivity (Wildman–Crippen MR) is 58.0 cm³/mol. The number of rotatable bonds is 1. The molecule has 0 amide bonds. The minimum Gasteiger partial charge on any atom is -0.383 e. The third-order valence-electron chi connectivity index (χ3n) is 2.24. The molecule has 0 unspecified atom stereocenters. The molecule has 1 aromatic heterocycles. The van der Waals surface area contributed by atoms with E-state index in [9.17, 15) is 4.39 Å². The molecule has 2 rings (SSSR count). The third-order valence-corrected chi connectivity index (χ3v) is 2.24. The number of halogens is 1. The highest BCUT2D eigenvalue weighted by atomic mass is 19.1. The molecule has 0 bridgehead atoms. The van der Waals surface area contributed by atoms with E-state index in [0.717, 1.165) is 0 Å². The topological polar surface area (TPSA) is 51.8 Å². The monoisotopic (exact) mass is 205 g/mol. The van der Waals surface area contributed by atoms with Crippen molar-refractivity contribution in [1.29, 1.82) is 0 Å². The Balaban J connectivity index is 2.80. The first kappa shape index (κ1) is 9.83. The van der Waals surface area contributed by atoms with Crippen molar-refractivity contribution in [2.24, 2.45) is 0 Å². The molecule has 0 aliphatic carbocycles. The van der Waals surface area contributed by atoms with Gasteiger partial charge >= 0.3 is 0 Å². The average Bonchev–Trinajstić information content (AvgIpc) is 2.19. The molecular formula is C11H12FN3. The van der Waals surface area contributed by atoms with Gasteiger partial charge in [0.15, 0.2) is 0 Å². The van der Waals surface area contributed by atoms with Crippen LogP contribution in [-0.4, -0.2) is 9.97 Å². The highest BCUT2D eigenvalue weighted by Crippen LogP contribution is 2.22. The number of benzene rings is 1. The average molecular weight is 205 g/mol. The second-order valence-corrected chi connectivity index (χ2v) is 3.76. The van der Waals surface area contributed by atoms with Crippen LogP contribution in [0.5, 0.6) is 0 Å². The van der Waals surface area contributed by atoms with E-state index in [1.54, 1.807) is 12.1 Å². The lowest BCUT2D eigenvalue weighted by molar-refractivity contribution is 0.634. The first-order valence-corrected chi connectivity index (χ1v) is 4.81. The number of nitrogen functional groups attached to an aromatic ring is 1. The van der Waals surface area contributed by atoms with Gasteiger partial charge in [-0.1, -0.05) is 19.9 Å². The van der Waals surface area contributed by atoms with Gasteiger partial charge in [0.1, 0.15) is 23.0 Å². The van der Waals surface area contributed by atoms with Crippen LogP contribution in [0.1, 0.15) is 25.6 Å². The van der Waals surface area contributed by atoms with Crippen molar-refractivity contribution in [2.75, 3.05) is 5.73 Å². The maximum absolute atomic E-state index is 13.5. The number of para-hydroxylation sites is 1. The highest BCUT2D eigenvalue weighted by Gasteiger charge is 2.10. The van der Waals surface area contributed by atoms with E-state index in [4.69, 9.17) is 5.73 Å². The summed E-state index contributed by atoms with van der Waals surface area (Å²) in [7, 11) is 0. The van der Waals surface area contributed by atoms with Crippen molar-refractivity contribution < 1.29 is 4.39 Å². The van der Waals surface area contributed by atoms with E-state index in [2.05, 4.69) is 9.97 Å². The van der Waals surface area contributed by atoms with Gasteiger partial charge in [-0.3, -0.25) is 0 Å². The molecule has 2 aromatic rings. The van der Waals surface area contributed by atoms with Crippen LogP contribution in [-0.2, 0) is 0 Å². The fourth-order valence-corrected chi connectivity index (χ4v) is 1.42. The number of nitrogens with two attached hydrogens (primary N) is 1. The Morgan fingerprint density at radius 2 is 2.00 bits per heavy atom. The number of hydrogen-bond acceptors (Lipinski definition) is 3. The van der Waals surface area contributed by atoms with Crippen LogP contribution in [0.2, 0.25) is 0 Å². The number of fused-ring (bicyclic) bond motifs is 1. The summed E-state index contributed by atoms with van der Waals surface area (Å²) in [5.41, 5.74) is 6.05. The maximum Gasteiger partial charge on any atom is 0.149 e. The minimum atomic E-state index is -0.358. The molecule has 3 nitrogen and oxygen atoms in total. The Bertz CT molecular complexity index is 508. The first-order chi connectivity index (χ1) is 7.09. The lowest BCUT2D eigenvalue weighted by atomic mass is 10.1. The molecule has 2 N–H and O–H groups in total. The van der Waals surface area contributed by atoms with E-state index in [-0.39, 0.29) is 11.7 Å². The van der Waals surface area contributed by atoms with Crippen molar-refractivity contribution in [3.63, 3.8) is 0 Å². The molecule has 4 heteroatoms. The summed E-state index contributed by atoms with van der Waals surface area (Å²) in [5, 5.41) is 0.569. The second kappa shape index (κ2) is 3.46. The van der Waals surface area contributed by atoms with E-state index >= 15 is 0 Å². The van der Waals surface area contributed by atoms with Crippen LogP contribution in [0.15, 0.2) is 18.2 Å². The van der Waals surface area contributed by atoms with E-state index in [1.807, 2.05) is 13.8 Å². The van der Waals surface area contributed by atoms with E-state index < -0.39 is 0 Å². The van der Waals surface area contributed by atoms with Crippen molar-refractivity contribution in [2.45, 2.75) is 19.8 Å². The summed E-state index contributed by atoms with van der Waals surface area (Å²) in [6.07, 6.45) is 0. The SMILES string of the molecule is CC(C)c1nc(N)c2cccc(F)c2n1. The normalized spacial score (nSPS) is 11.2. The molecule has 1 heterocycles. The summed E-state index contributed by atoms with van der Waals surface area (Å²) in [4.78, 5) is 8.31. The first-order valence-electron chi connectivity index (χ1n) is 4.81. The summed E-state index contributed by atoms with van der Waals surface area (Å²) in [6, 6.07) is 4.70. The van der Waals surface area contributed by atoms with Crippen LogP contribution in [0.25, 0.3) is 10.9 Å². The van der Waals surface area contributed by atoms with E-state index in [1.165, 1.54) is 6.07 Å². The van der Waals surface area contributed by atoms with Crippen LogP contribution in [0.3, 0.4) is 0 Å². The minimum absolute atomic E-state index is 0.135. The molecule has 0 spiro atoms. The summed E-state index contributed by atoms with van der Waals surface area (Å²) in [6.45, 7) is 3.89. The molecule has 0 atom stereocenters. The lowest BCUT2D eigenvalue weighted by Gasteiger charge is -2.07. The van der Waals surface area contributed by atoms with Gasteiger partial charge in [-0.15, -0.1) is 0 Å². The number of anilines is 1. The van der Waals surface area contributed by atoms with Crippen molar-refractivity contribution >= 4 is 16.7 Å². The van der Waals surface area contributed by atoms with Crippen molar-refractivity contribution in [3.05, 3.63) is 29.8 Å². The van der Waals surface area contributed by atoms with Gasteiger partial charge < -0.3 is 5.73 Å². The van der Waals surface area contributed by atoms with Crippen LogP contribution in [0.4, 0.5) is 10.2 Å². The summed E-state index contributed by atoms with van der Waals surface area (Å²) in [5.74, 6) is 0.688. The van der Waals surface area contributed by atoms with Crippen LogP contribution in [0, 0.1) is 5.82 Å². The van der Waals surface area contributed by atoms with Crippen molar-refractivity contribution in [3.8, 4) is 0 Å². The van der Waals surface area contributed by atoms with Gasteiger partial charge in [0.25, 0.3) is 0 Å². The third kappa shape index (κ3) is 1.63. The number of nitrogens with zero attached hydrogens (tertiary/aromatic N) is 2. The standard InChI is InChI=1S/C11H12FN3/c1-6(2)11-14-9-7(10(13)15-11)4-3-5-8(9)12/h3-6H,1-2H3,(H2,13,14,15). The molecule has 0 saturated heterocycles. The number of aromatic nitrogens is 2. The van der Waals surface area contributed by atoms with Gasteiger partial charge in [0.2, 0.25) is 0 Å². The molecular weight excluding hydrogens is 193 g/mol. The Hall–Kier alpha value is -1.71. The summed E-state index contributed by atoms with van der Waals surface area (Å²) >= 11 is 0. The molecule has 0 aliphatic rings. The smallest absolute Gasteiger partial charge is 0.149 e. The Morgan fingerprint density at radius 1 is 1.27 bits per heavy atom. The fraction of sp³-hybridized carbons (Fsp3) is 0.273. The Labute approximate surface area is 87.2 Å². The maximum atomic E-state index is 13.5. The zero-order valence-electron chi connectivity index (χ0n) is 8.66. The van der Waals surface area contributed by atoms with Crippen molar-refractivity contribution in [1.82, 2.24) is 9.97 Å². The van der Waals surface area contributed by atoms with Gasteiger partial charge in [0, 0.05) is 11.3 Å².